The summed E-state index contributed by atoms with van der Waals surface area (Å²) in [7, 11) is 0. The van der Waals surface area contributed by atoms with E-state index in [0.29, 0.717) is 11.3 Å². The van der Waals surface area contributed by atoms with Crippen molar-refractivity contribution >= 4 is 11.7 Å². The Kier molecular flexibility index (Phi) is 3.05. The van der Waals surface area contributed by atoms with Crippen LogP contribution >= 0.6 is 0 Å². The number of nitrogens with zero attached hydrogens (tertiary/aromatic N) is 4. The highest BCUT2D eigenvalue weighted by molar-refractivity contribution is 5.69. The standard InChI is InChI=1S/C13H8F2N4O2/c14-8-2-1-7(5-9(8)15)10-3-4-16-13-17-11(6-12(20)21)18-19(10)13/h1-5H,6H2,(H,20,21). The Balaban J connectivity index is 2.15. The van der Waals surface area contributed by atoms with E-state index < -0.39 is 17.6 Å². The largest absolute Gasteiger partial charge is 0.481 e. The molecule has 0 aliphatic carbocycles. The van der Waals surface area contributed by atoms with E-state index in [1.165, 1.54) is 16.8 Å². The number of aromatic nitrogens is 4. The second-order valence-corrected chi connectivity index (χ2v) is 4.27. The van der Waals surface area contributed by atoms with E-state index in [9.17, 15) is 13.6 Å². The average Bonchev–Trinajstić information content (AvgIpc) is 2.83. The van der Waals surface area contributed by atoms with Crippen LogP contribution < -0.4 is 0 Å². The summed E-state index contributed by atoms with van der Waals surface area (Å²) in [6.45, 7) is 0. The fraction of sp³-hybridized carbons (Fsp3) is 0.0769. The summed E-state index contributed by atoms with van der Waals surface area (Å²) in [4.78, 5) is 18.6. The van der Waals surface area contributed by atoms with Gasteiger partial charge < -0.3 is 5.11 Å². The van der Waals surface area contributed by atoms with Gasteiger partial charge in [-0.05, 0) is 24.3 Å². The number of carbonyl (C=O) groups is 1. The van der Waals surface area contributed by atoms with E-state index in [0.717, 1.165) is 12.1 Å². The number of carboxylic acids is 1. The average molecular weight is 290 g/mol. The Morgan fingerprint density at radius 3 is 2.76 bits per heavy atom. The van der Waals surface area contributed by atoms with Crippen molar-refractivity contribution in [1.29, 1.82) is 0 Å². The molecule has 0 aliphatic rings. The molecule has 0 saturated carbocycles. The number of rotatable bonds is 3. The Labute approximate surface area is 116 Å². The summed E-state index contributed by atoms with van der Waals surface area (Å²) in [6.07, 6.45) is 1.09. The second-order valence-electron chi connectivity index (χ2n) is 4.27. The molecule has 0 amide bonds. The lowest BCUT2D eigenvalue weighted by molar-refractivity contribution is -0.136. The third-order valence-electron chi connectivity index (χ3n) is 2.81. The van der Waals surface area contributed by atoms with Gasteiger partial charge in [0.05, 0.1) is 5.69 Å². The van der Waals surface area contributed by atoms with E-state index >= 15 is 0 Å². The Morgan fingerprint density at radius 2 is 2.05 bits per heavy atom. The first-order valence-corrected chi connectivity index (χ1v) is 5.92. The highest BCUT2D eigenvalue weighted by Crippen LogP contribution is 2.21. The lowest BCUT2D eigenvalue weighted by Crippen LogP contribution is -2.02. The second kappa shape index (κ2) is 4.89. The van der Waals surface area contributed by atoms with Gasteiger partial charge in [0.2, 0.25) is 0 Å². The normalized spacial score (nSPS) is 11.0. The quantitative estimate of drug-likeness (QED) is 0.794. The maximum Gasteiger partial charge on any atom is 0.311 e. The molecule has 0 unspecified atom stereocenters. The smallest absolute Gasteiger partial charge is 0.311 e. The Morgan fingerprint density at radius 1 is 1.24 bits per heavy atom. The van der Waals surface area contributed by atoms with Crippen LogP contribution in [0.15, 0.2) is 30.5 Å². The number of hydrogen-bond donors (Lipinski definition) is 1. The van der Waals surface area contributed by atoms with Crippen molar-refractivity contribution in [2.75, 3.05) is 0 Å². The number of halogens is 2. The monoisotopic (exact) mass is 290 g/mol. The fourth-order valence-corrected chi connectivity index (χ4v) is 1.92. The Bertz CT molecular complexity index is 847. The highest BCUT2D eigenvalue weighted by Gasteiger charge is 2.13. The predicted molar refractivity (Wildman–Crippen MR) is 67.5 cm³/mol. The third kappa shape index (κ3) is 2.42. The maximum absolute atomic E-state index is 13.3. The predicted octanol–water partition coefficient (Wildman–Crippen LogP) is 1.70. The molecule has 2 heterocycles. The SMILES string of the molecule is O=C(O)Cc1nc2nccc(-c3ccc(F)c(F)c3)n2n1. The van der Waals surface area contributed by atoms with Crippen LogP contribution in [0.3, 0.4) is 0 Å². The minimum Gasteiger partial charge on any atom is -0.481 e. The van der Waals surface area contributed by atoms with Crippen LogP contribution in [0.1, 0.15) is 5.82 Å². The van der Waals surface area contributed by atoms with Gasteiger partial charge in [-0.1, -0.05) is 0 Å². The fourth-order valence-electron chi connectivity index (χ4n) is 1.92. The van der Waals surface area contributed by atoms with Crippen molar-refractivity contribution < 1.29 is 18.7 Å². The van der Waals surface area contributed by atoms with Gasteiger partial charge in [0, 0.05) is 11.8 Å². The lowest BCUT2D eigenvalue weighted by Gasteiger charge is -2.04. The van der Waals surface area contributed by atoms with Gasteiger partial charge in [-0.2, -0.15) is 9.50 Å². The van der Waals surface area contributed by atoms with Crippen LogP contribution in [-0.4, -0.2) is 30.7 Å². The van der Waals surface area contributed by atoms with Gasteiger partial charge in [0.15, 0.2) is 17.5 Å². The molecule has 0 saturated heterocycles. The molecule has 21 heavy (non-hydrogen) atoms. The van der Waals surface area contributed by atoms with Crippen LogP contribution in [-0.2, 0) is 11.2 Å². The minimum atomic E-state index is -1.07. The van der Waals surface area contributed by atoms with E-state index in [-0.39, 0.29) is 18.0 Å². The number of aliphatic carboxylic acids is 1. The van der Waals surface area contributed by atoms with Crippen LogP contribution in [0, 0.1) is 11.6 Å². The van der Waals surface area contributed by atoms with Gasteiger partial charge in [-0.3, -0.25) is 4.79 Å². The third-order valence-corrected chi connectivity index (χ3v) is 2.81. The topological polar surface area (TPSA) is 80.4 Å². The molecular formula is C13H8F2N4O2. The molecule has 8 heteroatoms. The van der Waals surface area contributed by atoms with Crippen molar-refractivity contribution in [3.05, 3.63) is 47.9 Å². The molecule has 3 rings (SSSR count). The van der Waals surface area contributed by atoms with E-state index in [1.807, 2.05) is 0 Å². The number of hydrogen-bond acceptors (Lipinski definition) is 4. The molecule has 1 aromatic carbocycles. The summed E-state index contributed by atoms with van der Waals surface area (Å²) in [6, 6.07) is 4.99. The van der Waals surface area contributed by atoms with E-state index in [1.54, 1.807) is 6.07 Å². The summed E-state index contributed by atoms with van der Waals surface area (Å²) < 4.78 is 27.6. The molecule has 0 atom stereocenters. The molecule has 0 aliphatic heterocycles. The van der Waals surface area contributed by atoms with E-state index in [4.69, 9.17) is 5.11 Å². The van der Waals surface area contributed by atoms with Gasteiger partial charge in [-0.25, -0.2) is 13.8 Å². The van der Waals surface area contributed by atoms with Crippen LogP contribution in [0.2, 0.25) is 0 Å². The van der Waals surface area contributed by atoms with Gasteiger partial charge in [-0.15, -0.1) is 5.10 Å². The van der Waals surface area contributed by atoms with Crippen LogP contribution in [0.25, 0.3) is 17.0 Å². The van der Waals surface area contributed by atoms with Crippen molar-refractivity contribution in [2.24, 2.45) is 0 Å². The molecule has 0 bridgehead atoms. The van der Waals surface area contributed by atoms with Gasteiger partial charge in [0.25, 0.3) is 5.78 Å². The Hall–Kier alpha value is -2.90. The lowest BCUT2D eigenvalue weighted by atomic mass is 10.1. The molecule has 2 aromatic heterocycles. The molecular weight excluding hydrogens is 282 g/mol. The first-order chi connectivity index (χ1) is 10.0. The first-order valence-electron chi connectivity index (χ1n) is 5.92. The van der Waals surface area contributed by atoms with E-state index in [2.05, 4.69) is 15.1 Å². The minimum absolute atomic E-state index is 0.0880. The summed E-state index contributed by atoms with van der Waals surface area (Å²) in [5, 5.41) is 12.8. The molecule has 3 aromatic rings. The van der Waals surface area contributed by atoms with Gasteiger partial charge >= 0.3 is 5.97 Å². The van der Waals surface area contributed by atoms with Crippen molar-refractivity contribution in [3.8, 4) is 11.3 Å². The van der Waals surface area contributed by atoms with Crippen molar-refractivity contribution in [2.45, 2.75) is 6.42 Å². The van der Waals surface area contributed by atoms with Crippen molar-refractivity contribution in [3.63, 3.8) is 0 Å². The molecule has 1 N–H and O–H groups in total. The molecule has 6 nitrogen and oxygen atoms in total. The van der Waals surface area contributed by atoms with Gasteiger partial charge in [0.1, 0.15) is 6.42 Å². The van der Waals surface area contributed by atoms with Crippen molar-refractivity contribution in [1.82, 2.24) is 19.6 Å². The number of benzene rings is 1. The zero-order chi connectivity index (χ0) is 15.0. The maximum atomic E-state index is 13.3. The zero-order valence-corrected chi connectivity index (χ0v) is 10.5. The first kappa shape index (κ1) is 13.1. The van der Waals surface area contributed by atoms with Crippen LogP contribution in [0.5, 0.6) is 0 Å². The molecule has 0 fully saturated rings. The number of carboxylic acid groups (broad SMARTS) is 1. The number of fused-ring (bicyclic) bond motifs is 1. The molecule has 0 spiro atoms. The van der Waals surface area contributed by atoms with Crippen LogP contribution in [0.4, 0.5) is 8.78 Å². The summed E-state index contributed by atoms with van der Waals surface area (Å²) >= 11 is 0. The molecule has 0 radical (unpaired) electrons. The highest BCUT2D eigenvalue weighted by atomic mass is 19.2. The summed E-state index contributed by atoms with van der Waals surface area (Å²) in [5.74, 6) is -2.73. The zero-order valence-electron chi connectivity index (χ0n) is 10.5. The molecule has 106 valence electrons. The summed E-state index contributed by atoms with van der Waals surface area (Å²) in [5.41, 5.74) is 0.816.